The van der Waals surface area contributed by atoms with E-state index in [1.165, 1.54) is 17.7 Å². The highest BCUT2D eigenvalue weighted by atomic mass is 16.5. The third-order valence-corrected chi connectivity index (χ3v) is 5.46. The number of hydrogen-bond acceptors (Lipinski definition) is 6. The van der Waals surface area contributed by atoms with Gasteiger partial charge in [0.2, 0.25) is 0 Å². The van der Waals surface area contributed by atoms with Crippen LogP contribution in [0.3, 0.4) is 0 Å². The maximum atomic E-state index is 13.2. The van der Waals surface area contributed by atoms with Crippen LogP contribution in [0.15, 0.2) is 66.9 Å². The topological polar surface area (TPSA) is 115 Å². The van der Waals surface area contributed by atoms with Gasteiger partial charge >= 0.3 is 0 Å². The molecule has 0 saturated heterocycles. The third kappa shape index (κ3) is 4.69. The van der Waals surface area contributed by atoms with Crippen LogP contribution in [-0.4, -0.2) is 40.3 Å². The van der Waals surface area contributed by atoms with E-state index in [4.69, 9.17) is 14.7 Å². The molecule has 0 aliphatic rings. The minimum atomic E-state index is -0.728. The normalized spacial score (nSPS) is 10.7. The molecule has 0 fully saturated rings. The number of benzene rings is 2. The van der Waals surface area contributed by atoms with Crippen LogP contribution in [0.1, 0.15) is 26.5 Å². The lowest BCUT2D eigenvalue weighted by atomic mass is 10.1. The number of pyridine rings is 1. The molecular weight excluding hydrogens is 436 g/mol. The molecule has 0 bridgehead atoms. The summed E-state index contributed by atoms with van der Waals surface area (Å²) in [7, 11) is 1.62. The summed E-state index contributed by atoms with van der Waals surface area (Å²) < 4.78 is 13.1. The summed E-state index contributed by atoms with van der Waals surface area (Å²) in [6.45, 7) is 2.87. The van der Waals surface area contributed by atoms with Crippen molar-refractivity contribution in [2.24, 2.45) is 0 Å². The minimum Gasteiger partial charge on any atom is -0.497 e. The van der Waals surface area contributed by atoms with Crippen molar-refractivity contribution in [2.45, 2.75) is 13.5 Å². The molecular formula is C25H24N4O5. The molecule has 0 saturated carbocycles. The predicted octanol–water partition coefficient (Wildman–Crippen LogP) is 3.80. The van der Waals surface area contributed by atoms with Gasteiger partial charge in [-0.05, 0) is 49.4 Å². The zero-order valence-corrected chi connectivity index (χ0v) is 18.7. The van der Waals surface area contributed by atoms with Crippen molar-refractivity contribution in [3.8, 4) is 11.5 Å². The second-order valence-electron chi connectivity index (χ2n) is 7.48. The molecule has 0 aliphatic carbocycles. The zero-order chi connectivity index (χ0) is 24.1. The number of rotatable bonds is 8. The predicted molar refractivity (Wildman–Crippen MR) is 127 cm³/mol. The molecule has 2 heterocycles. The first-order chi connectivity index (χ1) is 16.5. The van der Waals surface area contributed by atoms with E-state index < -0.39 is 5.91 Å². The Labute approximate surface area is 195 Å². The van der Waals surface area contributed by atoms with Crippen LogP contribution in [0.4, 0.5) is 5.69 Å². The molecule has 2 aromatic carbocycles. The van der Waals surface area contributed by atoms with Crippen molar-refractivity contribution < 1.29 is 24.3 Å². The quantitative estimate of drug-likeness (QED) is 0.272. The van der Waals surface area contributed by atoms with Crippen LogP contribution in [0.25, 0.3) is 10.9 Å². The summed E-state index contributed by atoms with van der Waals surface area (Å²) in [6, 6.07) is 18.0. The number of amides is 2. The molecule has 3 N–H and O–H groups in total. The molecule has 0 radical (unpaired) electrons. The first-order valence-electron chi connectivity index (χ1n) is 10.6. The number of nitrogens with zero attached hydrogens (tertiary/aromatic N) is 2. The molecule has 9 nitrogen and oxygen atoms in total. The van der Waals surface area contributed by atoms with E-state index in [0.717, 1.165) is 28.1 Å². The summed E-state index contributed by atoms with van der Waals surface area (Å²) in [6.07, 6.45) is 1.36. The molecule has 0 aliphatic heterocycles. The van der Waals surface area contributed by atoms with E-state index in [1.54, 1.807) is 13.2 Å². The van der Waals surface area contributed by atoms with E-state index >= 15 is 0 Å². The van der Waals surface area contributed by atoms with Crippen LogP contribution < -0.4 is 20.3 Å². The number of anilines is 1. The fourth-order valence-electron chi connectivity index (χ4n) is 3.79. The van der Waals surface area contributed by atoms with Crippen molar-refractivity contribution in [1.82, 2.24) is 15.0 Å². The summed E-state index contributed by atoms with van der Waals surface area (Å²) in [5.74, 6) is 0.480. The largest absolute Gasteiger partial charge is 0.497 e. The van der Waals surface area contributed by atoms with E-state index in [0.29, 0.717) is 24.4 Å². The molecule has 174 valence electrons. The molecule has 0 unspecified atom stereocenters. The van der Waals surface area contributed by atoms with Crippen molar-refractivity contribution in [3.63, 3.8) is 0 Å². The number of aromatic nitrogens is 2. The Hall–Kier alpha value is -4.37. The average molecular weight is 460 g/mol. The fraction of sp³-hybridized carbons (Fsp3) is 0.160. The number of hydrogen-bond donors (Lipinski definition) is 3. The third-order valence-electron chi connectivity index (χ3n) is 5.46. The number of methoxy groups -OCH3 is 1. The second kappa shape index (κ2) is 10.1. The first kappa shape index (κ1) is 22.8. The molecule has 9 heteroatoms. The molecule has 2 amide bonds. The zero-order valence-electron chi connectivity index (χ0n) is 18.7. The molecule has 0 spiro atoms. The molecule has 2 aromatic heterocycles. The average Bonchev–Trinajstić information content (AvgIpc) is 3.15. The number of para-hydroxylation sites is 1. The van der Waals surface area contributed by atoms with Crippen LogP contribution in [0.5, 0.6) is 11.5 Å². The van der Waals surface area contributed by atoms with Crippen molar-refractivity contribution >= 4 is 28.4 Å². The summed E-state index contributed by atoms with van der Waals surface area (Å²) in [5, 5.41) is 12.4. The number of ether oxygens (including phenoxy) is 2. The van der Waals surface area contributed by atoms with Gasteiger partial charge < -0.3 is 19.4 Å². The Morgan fingerprint density at radius 3 is 2.41 bits per heavy atom. The summed E-state index contributed by atoms with van der Waals surface area (Å²) in [4.78, 5) is 28.6. The Bertz CT molecular complexity index is 1310. The maximum absolute atomic E-state index is 13.2. The standard InChI is InChI=1S/C25H24N4O5/c1-16-23(25(31)27-17-7-12-21(26-15-17)24(30)28-32)20-5-3-4-6-22(20)29(16)13-14-34-19-10-8-18(33-2)9-11-19/h3-12,15,32H,13-14H2,1-2H3,(H,27,31)(H,28,30). The maximum Gasteiger partial charge on any atom is 0.293 e. The van der Waals surface area contributed by atoms with Crippen LogP contribution in [0.2, 0.25) is 0 Å². The number of fused-ring (bicyclic) bond motifs is 1. The van der Waals surface area contributed by atoms with Gasteiger partial charge in [0.15, 0.2) is 0 Å². The molecule has 0 atom stereocenters. The lowest BCUT2D eigenvalue weighted by Crippen LogP contribution is -2.20. The number of hydroxylamine groups is 1. The summed E-state index contributed by atoms with van der Waals surface area (Å²) in [5.41, 5.74) is 4.27. The number of nitrogens with one attached hydrogen (secondary N) is 2. The monoisotopic (exact) mass is 460 g/mol. The SMILES string of the molecule is COc1ccc(OCCn2c(C)c(C(=O)Nc3ccc(C(=O)NO)nc3)c3ccccc32)cc1. The molecule has 4 aromatic rings. The number of carbonyl (C=O) groups excluding carboxylic acids is 2. The second-order valence-corrected chi connectivity index (χ2v) is 7.48. The molecule has 4 rings (SSSR count). The van der Waals surface area contributed by atoms with Gasteiger partial charge in [0.25, 0.3) is 11.8 Å². The van der Waals surface area contributed by atoms with Crippen molar-refractivity contribution in [3.05, 3.63) is 83.8 Å². The van der Waals surface area contributed by atoms with Gasteiger partial charge in [-0.15, -0.1) is 0 Å². The highest BCUT2D eigenvalue weighted by Crippen LogP contribution is 2.27. The number of carbonyl (C=O) groups is 2. The smallest absolute Gasteiger partial charge is 0.293 e. The lowest BCUT2D eigenvalue weighted by molar-refractivity contribution is 0.0700. The van der Waals surface area contributed by atoms with Crippen LogP contribution in [0, 0.1) is 6.92 Å². The Morgan fingerprint density at radius 1 is 1.00 bits per heavy atom. The van der Waals surface area contributed by atoms with Crippen LogP contribution >= 0.6 is 0 Å². The van der Waals surface area contributed by atoms with E-state index in [9.17, 15) is 9.59 Å². The van der Waals surface area contributed by atoms with Gasteiger partial charge in [0.05, 0.1) is 31.1 Å². The van der Waals surface area contributed by atoms with Crippen LogP contribution in [-0.2, 0) is 6.54 Å². The lowest BCUT2D eigenvalue weighted by Gasteiger charge is -2.11. The van der Waals surface area contributed by atoms with Gasteiger partial charge in [0, 0.05) is 16.6 Å². The highest BCUT2D eigenvalue weighted by molar-refractivity contribution is 6.14. The fourth-order valence-corrected chi connectivity index (χ4v) is 3.79. The summed E-state index contributed by atoms with van der Waals surface area (Å²) >= 11 is 0. The van der Waals surface area contributed by atoms with Crippen molar-refractivity contribution in [2.75, 3.05) is 19.0 Å². The van der Waals surface area contributed by atoms with Gasteiger partial charge in [-0.3, -0.25) is 14.8 Å². The van der Waals surface area contributed by atoms with Gasteiger partial charge in [-0.1, -0.05) is 18.2 Å². The Morgan fingerprint density at radius 2 is 1.74 bits per heavy atom. The van der Waals surface area contributed by atoms with E-state index in [1.807, 2.05) is 55.5 Å². The van der Waals surface area contributed by atoms with E-state index in [2.05, 4.69) is 14.9 Å². The minimum absolute atomic E-state index is 0.0325. The van der Waals surface area contributed by atoms with Gasteiger partial charge in [0.1, 0.15) is 23.8 Å². The van der Waals surface area contributed by atoms with Gasteiger partial charge in [-0.25, -0.2) is 10.5 Å². The Balaban J connectivity index is 1.53. The highest BCUT2D eigenvalue weighted by Gasteiger charge is 2.20. The molecule has 34 heavy (non-hydrogen) atoms. The first-order valence-corrected chi connectivity index (χ1v) is 10.6. The van der Waals surface area contributed by atoms with Gasteiger partial charge in [-0.2, -0.15) is 0 Å². The van der Waals surface area contributed by atoms with Crippen molar-refractivity contribution in [1.29, 1.82) is 0 Å². The Kier molecular flexibility index (Phi) is 6.74. The van der Waals surface area contributed by atoms with E-state index in [-0.39, 0.29) is 11.6 Å².